The highest BCUT2D eigenvalue weighted by molar-refractivity contribution is 5.69. The number of hydrogen-bond acceptors (Lipinski definition) is 3. The number of ether oxygens (including phenoxy) is 1. The van der Waals surface area contributed by atoms with Crippen molar-refractivity contribution < 1.29 is 9.53 Å². The molecule has 0 rings (SSSR count). The number of unbranched alkanes of at least 4 members (excludes halogenated alkanes) is 12. The molecular weight excluding hydrogens is 322 g/mol. The molecule has 0 saturated carbocycles. The highest BCUT2D eigenvalue weighted by atomic mass is 16.5. The molecule has 0 aliphatic heterocycles. The number of nitrogens with one attached hydrogen (secondary N) is 1. The van der Waals surface area contributed by atoms with Gasteiger partial charge in [-0.1, -0.05) is 76.9 Å². The van der Waals surface area contributed by atoms with Crippen molar-refractivity contribution in [3.05, 3.63) is 12.2 Å². The van der Waals surface area contributed by atoms with Gasteiger partial charge < -0.3 is 10.1 Å². The van der Waals surface area contributed by atoms with Crippen LogP contribution in [0, 0.1) is 0 Å². The first-order chi connectivity index (χ1) is 12.8. The summed E-state index contributed by atoms with van der Waals surface area (Å²) < 4.78 is 4.90. The summed E-state index contributed by atoms with van der Waals surface area (Å²) in [6.45, 7) is 6.35. The second kappa shape index (κ2) is 22.2. The van der Waals surface area contributed by atoms with Gasteiger partial charge in [-0.3, -0.25) is 4.79 Å². The van der Waals surface area contributed by atoms with Crippen molar-refractivity contribution in [1.82, 2.24) is 5.32 Å². The van der Waals surface area contributed by atoms with E-state index in [0.717, 1.165) is 13.1 Å². The summed E-state index contributed by atoms with van der Waals surface area (Å²) in [7, 11) is 0. The van der Waals surface area contributed by atoms with E-state index in [2.05, 4.69) is 24.4 Å². The zero-order chi connectivity index (χ0) is 19.1. The lowest BCUT2D eigenvalue weighted by Crippen LogP contribution is -2.20. The monoisotopic (exact) mass is 367 g/mol. The minimum atomic E-state index is -0.0963. The van der Waals surface area contributed by atoms with Crippen LogP contribution in [-0.2, 0) is 9.53 Å². The molecule has 0 aromatic heterocycles. The number of allylic oxidation sites excluding steroid dienone is 2. The van der Waals surface area contributed by atoms with Gasteiger partial charge in [0.25, 0.3) is 0 Å². The van der Waals surface area contributed by atoms with Gasteiger partial charge in [-0.15, -0.1) is 0 Å². The lowest BCUT2D eigenvalue weighted by atomic mass is 10.1. The van der Waals surface area contributed by atoms with Gasteiger partial charge in [0.2, 0.25) is 0 Å². The number of esters is 1. The van der Waals surface area contributed by atoms with Crippen molar-refractivity contribution in [2.75, 3.05) is 19.7 Å². The molecule has 1 N–H and O–H groups in total. The standard InChI is InChI=1S/C23H45NO2/c1-3-5-6-7-8-9-10-11-12-13-14-15-16-17-18-19-21-24-22-20-23(25)26-4-2/h11-12,24H,3-10,13-22H2,1-2H3. The van der Waals surface area contributed by atoms with Gasteiger partial charge in [-0.25, -0.2) is 0 Å². The van der Waals surface area contributed by atoms with E-state index in [1.807, 2.05) is 6.92 Å². The van der Waals surface area contributed by atoms with Gasteiger partial charge in [0.1, 0.15) is 0 Å². The molecule has 0 bridgehead atoms. The second-order valence-electron chi connectivity index (χ2n) is 7.24. The summed E-state index contributed by atoms with van der Waals surface area (Å²) in [4.78, 5) is 11.2. The first kappa shape index (κ1) is 25.2. The van der Waals surface area contributed by atoms with Gasteiger partial charge >= 0.3 is 5.97 Å². The maximum atomic E-state index is 11.2. The van der Waals surface area contributed by atoms with E-state index in [4.69, 9.17) is 4.74 Å². The Bertz CT molecular complexity index is 315. The van der Waals surface area contributed by atoms with Crippen LogP contribution in [0.4, 0.5) is 0 Å². The highest BCUT2D eigenvalue weighted by Crippen LogP contribution is 2.09. The second-order valence-corrected chi connectivity index (χ2v) is 7.24. The van der Waals surface area contributed by atoms with Crippen LogP contribution in [0.15, 0.2) is 12.2 Å². The fourth-order valence-corrected chi connectivity index (χ4v) is 3.05. The Morgan fingerprint density at radius 1 is 0.731 bits per heavy atom. The Labute approximate surface area is 163 Å². The molecule has 26 heavy (non-hydrogen) atoms. The molecule has 3 nitrogen and oxygen atoms in total. The average molecular weight is 368 g/mol. The number of carbonyl (C=O) groups is 1. The van der Waals surface area contributed by atoms with Crippen molar-refractivity contribution in [3.8, 4) is 0 Å². The van der Waals surface area contributed by atoms with Crippen LogP contribution in [0.3, 0.4) is 0 Å². The van der Waals surface area contributed by atoms with Crippen LogP contribution in [0.1, 0.15) is 110 Å². The molecule has 0 amide bonds. The molecule has 0 atom stereocenters. The summed E-state index contributed by atoms with van der Waals surface area (Å²) in [5.41, 5.74) is 0. The third-order valence-electron chi connectivity index (χ3n) is 4.68. The minimum absolute atomic E-state index is 0.0963. The lowest BCUT2D eigenvalue weighted by molar-refractivity contribution is -0.142. The highest BCUT2D eigenvalue weighted by Gasteiger charge is 1.99. The maximum absolute atomic E-state index is 11.2. The number of hydrogen-bond donors (Lipinski definition) is 1. The minimum Gasteiger partial charge on any atom is -0.466 e. The molecule has 0 radical (unpaired) electrons. The van der Waals surface area contributed by atoms with Crippen LogP contribution >= 0.6 is 0 Å². The quantitative estimate of drug-likeness (QED) is 0.150. The van der Waals surface area contributed by atoms with Crippen molar-refractivity contribution in [3.63, 3.8) is 0 Å². The smallest absolute Gasteiger partial charge is 0.307 e. The number of rotatable bonds is 20. The fraction of sp³-hybridized carbons (Fsp3) is 0.870. The molecule has 3 heteroatoms. The zero-order valence-corrected chi connectivity index (χ0v) is 17.7. The SMILES string of the molecule is CCCCCCCCC=CCCCCCCCCNCCC(=O)OCC. The Morgan fingerprint density at radius 2 is 1.27 bits per heavy atom. The summed E-state index contributed by atoms with van der Waals surface area (Å²) in [5.74, 6) is -0.0963. The van der Waals surface area contributed by atoms with E-state index in [1.165, 1.54) is 89.9 Å². The Morgan fingerprint density at radius 3 is 1.85 bits per heavy atom. The molecule has 0 saturated heterocycles. The van der Waals surface area contributed by atoms with Crippen molar-refractivity contribution in [2.24, 2.45) is 0 Å². The van der Waals surface area contributed by atoms with Gasteiger partial charge in [0, 0.05) is 6.54 Å². The summed E-state index contributed by atoms with van der Waals surface area (Å²) in [6, 6.07) is 0. The van der Waals surface area contributed by atoms with Gasteiger partial charge in [0.05, 0.1) is 13.0 Å². The molecule has 154 valence electrons. The molecule has 0 fully saturated rings. The van der Waals surface area contributed by atoms with E-state index < -0.39 is 0 Å². The van der Waals surface area contributed by atoms with E-state index in [0.29, 0.717) is 13.0 Å². The topological polar surface area (TPSA) is 38.3 Å². The summed E-state index contributed by atoms with van der Waals surface area (Å²) in [5, 5.41) is 3.31. The predicted molar refractivity (Wildman–Crippen MR) is 114 cm³/mol. The van der Waals surface area contributed by atoms with Crippen LogP contribution in [-0.4, -0.2) is 25.7 Å². The Balaban J connectivity index is 3.10. The third-order valence-corrected chi connectivity index (χ3v) is 4.68. The van der Waals surface area contributed by atoms with Crippen molar-refractivity contribution in [2.45, 2.75) is 110 Å². The Kier molecular flexibility index (Phi) is 21.5. The van der Waals surface area contributed by atoms with Gasteiger partial charge in [-0.05, 0) is 45.6 Å². The summed E-state index contributed by atoms with van der Waals surface area (Å²) >= 11 is 0. The predicted octanol–water partition coefficient (Wildman–Crippen LogP) is 6.57. The first-order valence-electron chi connectivity index (χ1n) is 11.3. The van der Waals surface area contributed by atoms with E-state index in [-0.39, 0.29) is 5.97 Å². The number of carbonyl (C=O) groups excluding carboxylic acids is 1. The molecule has 0 spiro atoms. The maximum Gasteiger partial charge on any atom is 0.307 e. The van der Waals surface area contributed by atoms with Gasteiger partial charge in [0.15, 0.2) is 0 Å². The largest absolute Gasteiger partial charge is 0.466 e. The van der Waals surface area contributed by atoms with Crippen LogP contribution in [0.2, 0.25) is 0 Å². The molecular formula is C23H45NO2. The third kappa shape index (κ3) is 21.2. The fourth-order valence-electron chi connectivity index (χ4n) is 3.05. The van der Waals surface area contributed by atoms with E-state index in [9.17, 15) is 4.79 Å². The van der Waals surface area contributed by atoms with Crippen LogP contribution in [0.25, 0.3) is 0 Å². The van der Waals surface area contributed by atoms with Gasteiger partial charge in [-0.2, -0.15) is 0 Å². The zero-order valence-electron chi connectivity index (χ0n) is 17.7. The van der Waals surface area contributed by atoms with E-state index in [1.54, 1.807) is 0 Å². The molecule has 0 heterocycles. The molecule has 0 unspecified atom stereocenters. The van der Waals surface area contributed by atoms with Crippen molar-refractivity contribution in [1.29, 1.82) is 0 Å². The van der Waals surface area contributed by atoms with E-state index >= 15 is 0 Å². The van der Waals surface area contributed by atoms with Crippen LogP contribution in [0.5, 0.6) is 0 Å². The van der Waals surface area contributed by atoms with Crippen molar-refractivity contribution >= 4 is 5.97 Å². The summed E-state index contributed by atoms with van der Waals surface area (Å²) in [6.07, 6.45) is 24.0. The molecule has 0 aromatic carbocycles. The molecule has 0 aliphatic rings. The first-order valence-corrected chi connectivity index (χ1v) is 11.3. The molecule has 0 aliphatic carbocycles. The normalized spacial score (nSPS) is 11.3. The Hall–Kier alpha value is -0.830. The molecule has 0 aromatic rings. The average Bonchev–Trinajstić information content (AvgIpc) is 2.64. The van der Waals surface area contributed by atoms with Crippen LogP contribution < -0.4 is 5.32 Å². The lowest BCUT2D eigenvalue weighted by Gasteiger charge is -2.05.